The van der Waals surface area contributed by atoms with Gasteiger partial charge in [0.05, 0.1) is 12.9 Å². The molecule has 0 rings (SSSR count). The lowest BCUT2D eigenvalue weighted by Gasteiger charge is -2.39. The summed E-state index contributed by atoms with van der Waals surface area (Å²) in [6.45, 7) is 14.8. The molecule has 25 heavy (non-hydrogen) atoms. The van der Waals surface area contributed by atoms with Crippen molar-refractivity contribution in [2.45, 2.75) is 105 Å². The lowest BCUT2D eigenvalue weighted by Crippen LogP contribution is -2.44. The maximum Gasteiger partial charge on any atom is 0.170 e. The molecule has 0 radical (unpaired) electrons. The van der Waals surface area contributed by atoms with Gasteiger partial charge in [-0.15, -0.1) is 0 Å². The lowest BCUT2D eigenvalue weighted by molar-refractivity contribution is -0.268. The summed E-state index contributed by atoms with van der Waals surface area (Å²) in [5.41, 5.74) is 1.20. The summed E-state index contributed by atoms with van der Waals surface area (Å²) < 4.78 is 18.0. The van der Waals surface area contributed by atoms with Crippen molar-refractivity contribution in [3.63, 3.8) is 0 Å². The number of hydrogen-bond donors (Lipinski definition) is 0. The van der Waals surface area contributed by atoms with Crippen molar-refractivity contribution in [1.82, 2.24) is 0 Å². The van der Waals surface area contributed by atoms with Gasteiger partial charge in [0.2, 0.25) is 0 Å². The van der Waals surface area contributed by atoms with Crippen molar-refractivity contribution in [2.24, 2.45) is 5.92 Å². The monoisotopic (exact) mass is 356 g/mol. The molecule has 0 aliphatic rings. The zero-order valence-electron chi connectivity index (χ0n) is 17.9. The van der Waals surface area contributed by atoms with Crippen LogP contribution >= 0.6 is 0 Å². The second-order valence-corrected chi connectivity index (χ2v) is 7.14. The Morgan fingerprint density at radius 2 is 1.44 bits per heavy atom. The fraction of sp³-hybridized carbons (Fsp3) is 0.909. The van der Waals surface area contributed by atoms with Gasteiger partial charge in [-0.25, -0.2) is 0 Å². The van der Waals surface area contributed by atoms with Crippen molar-refractivity contribution in [3.8, 4) is 0 Å². The molecule has 0 spiro atoms. The maximum atomic E-state index is 6.16. The van der Waals surface area contributed by atoms with Crippen LogP contribution in [0.2, 0.25) is 0 Å². The van der Waals surface area contributed by atoms with Crippen molar-refractivity contribution in [3.05, 3.63) is 11.8 Å². The van der Waals surface area contributed by atoms with Gasteiger partial charge in [-0.2, -0.15) is 0 Å². The number of unbranched alkanes of at least 4 members (excludes halogenated alkanes) is 5. The highest BCUT2D eigenvalue weighted by Crippen LogP contribution is 2.34. The largest absolute Gasteiger partial charge is 0.501 e. The quantitative estimate of drug-likeness (QED) is 0.162. The topological polar surface area (TPSA) is 27.7 Å². The number of rotatable bonds is 17. The molecule has 1 atom stereocenters. The molecule has 0 saturated carbocycles. The van der Waals surface area contributed by atoms with Crippen molar-refractivity contribution < 1.29 is 14.2 Å². The Balaban J connectivity index is 4.73. The van der Waals surface area contributed by atoms with Crippen LogP contribution in [0.25, 0.3) is 0 Å². The first-order chi connectivity index (χ1) is 12.1. The minimum absolute atomic E-state index is 0.383. The van der Waals surface area contributed by atoms with Crippen LogP contribution in [0.15, 0.2) is 11.8 Å². The van der Waals surface area contributed by atoms with E-state index in [9.17, 15) is 0 Å². The van der Waals surface area contributed by atoms with E-state index in [0.29, 0.717) is 19.1 Å². The van der Waals surface area contributed by atoms with E-state index in [2.05, 4.69) is 41.5 Å². The van der Waals surface area contributed by atoms with E-state index >= 15 is 0 Å². The predicted octanol–water partition coefficient (Wildman–Crippen LogP) is 6.86. The summed E-state index contributed by atoms with van der Waals surface area (Å²) in [5, 5.41) is 0. The van der Waals surface area contributed by atoms with Crippen molar-refractivity contribution >= 4 is 0 Å². The number of allylic oxidation sites excluding steroid dienone is 1. The molecule has 0 aromatic rings. The van der Waals surface area contributed by atoms with Crippen LogP contribution in [0.3, 0.4) is 0 Å². The maximum absolute atomic E-state index is 6.16. The summed E-state index contributed by atoms with van der Waals surface area (Å²) >= 11 is 0. The molecule has 0 saturated heterocycles. The van der Waals surface area contributed by atoms with E-state index in [1.807, 2.05) is 6.26 Å². The van der Waals surface area contributed by atoms with E-state index in [4.69, 9.17) is 14.2 Å². The van der Waals surface area contributed by atoms with Gasteiger partial charge in [-0.3, -0.25) is 0 Å². The SMILES string of the molecule is CCCCCCCCC(CCOC=C(C)C)C(CC)(OCC)OCC. The molecule has 1 unspecified atom stereocenters. The molecule has 0 aliphatic heterocycles. The van der Waals surface area contributed by atoms with Gasteiger partial charge >= 0.3 is 0 Å². The van der Waals surface area contributed by atoms with Crippen molar-refractivity contribution in [1.29, 1.82) is 0 Å². The zero-order valence-corrected chi connectivity index (χ0v) is 17.9. The Bertz CT molecular complexity index is 315. The molecule has 0 aromatic heterocycles. The van der Waals surface area contributed by atoms with E-state index < -0.39 is 5.79 Å². The van der Waals surface area contributed by atoms with Crippen LogP contribution in [-0.4, -0.2) is 25.6 Å². The highest BCUT2D eigenvalue weighted by molar-refractivity contribution is 4.86. The Labute approximate surface area is 157 Å². The summed E-state index contributed by atoms with van der Waals surface area (Å²) in [4.78, 5) is 0. The lowest BCUT2D eigenvalue weighted by atomic mass is 9.87. The third-order valence-corrected chi connectivity index (χ3v) is 4.70. The molecule has 0 aromatic carbocycles. The van der Waals surface area contributed by atoms with Gasteiger partial charge in [-0.1, -0.05) is 52.4 Å². The molecule has 0 aliphatic carbocycles. The van der Waals surface area contributed by atoms with E-state index in [-0.39, 0.29) is 0 Å². The van der Waals surface area contributed by atoms with E-state index in [0.717, 1.165) is 25.9 Å². The Hall–Kier alpha value is -0.540. The fourth-order valence-corrected chi connectivity index (χ4v) is 3.45. The summed E-state index contributed by atoms with van der Waals surface area (Å²) in [7, 11) is 0. The third-order valence-electron chi connectivity index (χ3n) is 4.70. The number of hydrogen-bond acceptors (Lipinski definition) is 3. The third kappa shape index (κ3) is 10.9. The van der Waals surface area contributed by atoms with Crippen LogP contribution in [0, 0.1) is 5.92 Å². The van der Waals surface area contributed by atoms with E-state index in [1.165, 1.54) is 44.1 Å². The first-order valence-corrected chi connectivity index (χ1v) is 10.6. The average Bonchev–Trinajstić information content (AvgIpc) is 2.59. The summed E-state index contributed by atoms with van der Waals surface area (Å²) in [5.74, 6) is -0.0736. The predicted molar refractivity (Wildman–Crippen MR) is 108 cm³/mol. The molecule has 0 heterocycles. The Kier molecular flexibility index (Phi) is 15.4. The molecule has 0 fully saturated rings. The zero-order chi connectivity index (χ0) is 19.0. The van der Waals surface area contributed by atoms with Gasteiger partial charge in [0.25, 0.3) is 0 Å². The van der Waals surface area contributed by atoms with Crippen LogP contribution in [-0.2, 0) is 14.2 Å². The highest BCUT2D eigenvalue weighted by atomic mass is 16.7. The van der Waals surface area contributed by atoms with Gasteiger partial charge < -0.3 is 14.2 Å². The standard InChI is InChI=1S/C22H44O3/c1-7-11-12-13-14-15-16-21(17-18-23-19-20(5)6)22(8-2,24-9-3)25-10-4/h19,21H,7-18H2,1-6H3. The summed E-state index contributed by atoms with van der Waals surface area (Å²) in [6, 6.07) is 0. The molecule has 3 heteroatoms. The van der Waals surface area contributed by atoms with Gasteiger partial charge in [0.15, 0.2) is 5.79 Å². The van der Waals surface area contributed by atoms with E-state index in [1.54, 1.807) is 0 Å². The average molecular weight is 357 g/mol. The van der Waals surface area contributed by atoms with Crippen LogP contribution in [0.1, 0.15) is 99.3 Å². The van der Waals surface area contributed by atoms with Gasteiger partial charge in [-0.05, 0) is 52.5 Å². The molecule has 0 amide bonds. The smallest absolute Gasteiger partial charge is 0.170 e. The molecule has 0 bridgehead atoms. The molecular formula is C22H44O3. The van der Waals surface area contributed by atoms with Crippen LogP contribution < -0.4 is 0 Å². The first-order valence-electron chi connectivity index (χ1n) is 10.6. The first kappa shape index (κ1) is 24.5. The number of ether oxygens (including phenoxy) is 3. The molecule has 3 nitrogen and oxygen atoms in total. The minimum Gasteiger partial charge on any atom is -0.501 e. The Morgan fingerprint density at radius 3 is 1.96 bits per heavy atom. The second kappa shape index (κ2) is 15.7. The normalized spacial score (nSPS) is 12.9. The molecule has 150 valence electrons. The molecule has 0 N–H and O–H groups in total. The van der Waals surface area contributed by atoms with Crippen molar-refractivity contribution in [2.75, 3.05) is 19.8 Å². The van der Waals surface area contributed by atoms with Crippen LogP contribution in [0.5, 0.6) is 0 Å². The minimum atomic E-state index is -0.457. The van der Waals surface area contributed by atoms with Crippen LogP contribution in [0.4, 0.5) is 0 Å². The second-order valence-electron chi connectivity index (χ2n) is 7.14. The van der Waals surface area contributed by atoms with Gasteiger partial charge in [0.1, 0.15) is 0 Å². The molecular weight excluding hydrogens is 312 g/mol. The fourth-order valence-electron chi connectivity index (χ4n) is 3.45. The Morgan fingerprint density at radius 1 is 0.840 bits per heavy atom. The highest BCUT2D eigenvalue weighted by Gasteiger charge is 2.38. The summed E-state index contributed by atoms with van der Waals surface area (Å²) in [6.07, 6.45) is 12.8. The van der Waals surface area contributed by atoms with Gasteiger partial charge in [0, 0.05) is 19.1 Å².